The highest BCUT2D eigenvalue weighted by Crippen LogP contribution is 2.58. The molecular formula is C11H18O. The lowest BCUT2D eigenvalue weighted by Crippen LogP contribution is -2.47. The van der Waals surface area contributed by atoms with Gasteiger partial charge in [-0.25, -0.2) is 0 Å². The van der Waals surface area contributed by atoms with Crippen molar-refractivity contribution < 1.29 is 5.11 Å². The first-order valence-corrected chi connectivity index (χ1v) is 4.51. The van der Waals surface area contributed by atoms with Crippen molar-refractivity contribution in [2.45, 2.75) is 26.7 Å². The maximum atomic E-state index is 9.41. The predicted molar refractivity (Wildman–Crippen MR) is 52.0 cm³/mol. The predicted octanol–water partition coefficient (Wildman–Crippen LogP) is 3.30. The monoisotopic (exact) mass is 166 g/mol. The van der Waals surface area contributed by atoms with Gasteiger partial charge in [0.1, 0.15) is 0 Å². The molecule has 0 saturated heterocycles. The van der Waals surface area contributed by atoms with E-state index in [-0.39, 0.29) is 0 Å². The number of hydrogen-bond donors (Lipinski definition) is 1. The molecule has 0 aromatic heterocycles. The maximum absolute atomic E-state index is 9.41. The second kappa shape index (κ2) is 2.96. The van der Waals surface area contributed by atoms with Crippen LogP contribution in [0.1, 0.15) is 26.7 Å². The molecule has 0 radical (unpaired) electrons. The highest BCUT2D eigenvalue weighted by atomic mass is 16.3. The molecule has 0 spiro atoms. The van der Waals surface area contributed by atoms with Gasteiger partial charge in [0.25, 0.3) is 0 Å². The van der Waals surface area contributed by atoms with Gasteiger partial charge in [-0.1, -0.05) is 13.8 Å². The van der Waals surface area contributed by atoms with Gasteiger partial charge in [0.2, 0.25) is 0 Å². The lowest BCUT2D eigenvalue weighted by atomic mass is 9.50. The average Bonchev–Trinajstić information content (AvgIpc) is 2.07. The molecule has 68 valence electrons. The summed E-state index contributed by atoms with van der Waals surface area (Å²) in [4.78, 5) is 0. The molecule has 2 bridgehead atoms. The molecule has 0 amide bonds. The first kappa shape index (κ1) is 9.37. The van der Waals surface area contributed by atoms with Crippen molar-refractivity contribution in [3.63, 3.8) is 0 Å². The third-order valence-electron chi connectivity index (χ3n) is 3.44. The molecular weight excluding hydrogens is 148 g/mol. The molecule has 2 atom stereocenters. The molecule has 3 rings (SSSR count). The molecule has 0 heterocycles. The van der Waals surface area contributed by atoms with Gasteiger partial charge in [-0.15, -0.1) is 13.2 Å². The lowest BCUT2D eigenvalue weighted by molar-refractivity contribution is -0.0328. The van der Waals surface area contributed by atoms with E-state index in [4.69, 9.17) is 0 Å². The molecule has 3 aliphatic rings. The number of fused-ring (bicyclic) bond motifs is 1. The molecule has 1 nitrogen and oxygen atoms in total. The molecule has 1 heteroatoms. The summed E-state index contributed by atoms with van der Waals surface area (Å²) in [5, 5.41) is 9.41. The van der Waals surface area contributed by atoms with Gasteiger partial charge in [0.15, 0.2) is 0 Å². The van der Waals surface area contributed by atoms with Crippen LogP contribution in [0.25, 0.3) is 0 Å². The highest BCUT2D eigenvalue weighted by Gasteiger charge is 2.51. The van der Waals surface area contributed by atoms with E-state index < -0.39 is 0 Å². The first-order chi connectivity index (χ1) is 5.62. The summed E-state index contributed by atoms with van der Waals surface area (Å²) in [7, 11) is 0. The quantitative estimate of drug-likeness (QED) is 0.547. The van der Waals surface area contributed by atoms with Crippen molar-refractivity contribution in [1.29, 1.82) is 0 Å². The van der Waals surface area contributed by atoms with E-state index in [1.165, 1.54) is 6.42 Å². The van der Waals surface area contributed by atoms with Crippen LogP contribution in [-0.4, -0.2) is 5.11 Å². The van der Waals surface area contributed by atoms with Crippen molar-refractivity contribution >= 4 is 0 Å². The number of aliphatic hydroxyl groups is 1. The zero-order valence-electron chi connectivity index (χ0n) is 8.01. The summed E-state index contributed by atoms with van der Waals surface area (Å²) in [6.45, 7) is 10.5. The summed E-state index contributed by atoms with van der Waals surface area (Å²) in [6, 6.07) is 0. The van der Waals surface area contributed by atoms with Gasteiger partial charge < -0.3 is 5.11 Å². The number of allylic oxidation sites excluding steroid dienone is 2. The van der Waals surface area contributed by atoms with Crippen molar-refractivity contribution in [1.82, 2.24) is 0 Å². The summed E-state index contributed by atoms with van der Waals surface area (Å²) < 4.78 is 0. The van der Waals surface area contributed by atoms with Crippen LogP contribution in [0.4, 0.5) is 0 Å². The summed E-state index contributed by atoms with van der Waals surface area (Å²) in [6.07, 6.45) is 4.30. The SMILES string of the molecule is C=C.CC1(C)C2CC=C(O)C1C2. The van der Waals surface area contributed by atoms with Gasteiger partial charge in [-0.3, -0.25) is 0 Å². The van der Waals surface area contributed by atoms with Gasteiger partial charge in [-0.05, 0) is 30.3 Å². The Hall–Kier alpha value is -0.720. The first-order valence-electron chi connectivity index (χ1n) is 4.51. The average molecular weight is 166 g/mol. The van der Waals surface area contributed by atoms with Crippen LogP contribution in [0.3, 0.4) is 0 Å². The number of aliphatic hydroxyl groups excluding tert-OH is 1. The van der Waals surface area contributed by atoms with Crippen molar-refractivity contribution in [2.24, 2.45) is 17.3 Å². The zero-order chi connectivity index (χ0) is 9.35. The fourth-order valence-electron chi connectivity index (χ4n) is 2.32. The van der Waals surface area contributed by atoms with E-state index in [9.17, 15) is 5.11 Å². The van der Waals surface area contributed by atoms with E-state index in [1.54, 1.807) is 0 Å². The lowest BCUT2D eigenvalue weighted by Gasteiger charge is -2.54. The molecule has 1 fully saturated rings. The van der Waals surface area contributed by atoms with Crippen molar-refractivity contribution in [3.8, 4) is 0 Å². The van der Waals surface area contributed by atoms with E-state index in [0.717, 1.165) is 12.3 Å². The molecule has 1 N–H and O–H groups in total. The topological polar surface area (TPSA) is 20.2 Å². The van der Waals surface area contributed by atoms with Crippen LogP contribution < -0.4 is 0 Å². The minimum Gasteiger partial charge on any atom is -0.512 e. The Balaban J connectivity index is 0.000000336. The zero-order valence-corrected chi connectivity index (χ0v) is 8.01. The third kappa shape index (κ3) is 1.08. The van der Waals surface area contributed by atoms with Crippen LogP contribution in [0.2, 0.25) is 0 Å². The fraction of sp³-hybridized carbons (Fsp3) is 0.636. The van der Waals surface area contributed by atoms with Gasteiger partial charge in [-0.2, -0.15) is 0 Å². The molecule has 0 aromatic rings. The highest BCUT2D eigenvalue weighted by molar-refractivity contribution is 5.17. The van der Waals surface area contributed by atoms with E-state index in [0.29, 0.717) is 17.1 Å². The van der Waals surface area contributed by atoms with Gasteiger partial charge in [0, 0.05) is 5.92 Å². The Kier molecular flexibility index (Phi) is 2.31. The Morgan fingerprint density at radius 3 is 2.33 bits per heavy atom. The van der Waals surface area contributed by atoms with Crippen LogP contribution in [0, 0.1) is 17.3 Å². The van der Waals surface area contributed by atoms with Crippen LogP contribution >= 0.6 is 0 Å². The van der Waals surface area contributed by atoms with E-state index in [1.807, 2.05) is 6.08 Å². The molecule has 12 heavy (non-hydrogen) atoms. The molecule has 3 aliphatic carbocycles. The normalized spacial score (nSPS) is 35.3. The summed E-state index contributed by atoms with van der Waals surface area (Å²) >= 11 is 0. The third-order valence-corrected chi connectivity index (χ3v) is 3.44. The van der Waals surface area contributed by atoms with Gasteiger partial charge in [0.05, 0.1) is 5.76 Å². The Morgan fingerprint density at radius 1 is 1.50 bits per heavy atom. The molecule has 1 saturated carbocycles. The second-order valence-electron chi connectivity index (χ2n) is 4.17. The Bertz CT molecular complexity index is 203. The van der Waals surface area contributed by atoms with Crippen LogP contribution in [0.5, 0.6) is 0 Å². The smallest absolute Gasteiger partial charge is 0.0919 e. The molecule has 0 aliphatic heterocycles. The largest absolute Gasteiger partial charge is 0.512 e. The minimum atomic E-state index is 0.388. The van der Waals surface area contributed by atoms with Gasteiger partial charge >= 0.3 is 0 Å². The van der Waals surface area contributed by atoms with E-state index >= 15 is 0 Å². The number of hydrogen-bond acceptors (Lipinski definition) is 1. The molecule has 2 unspecified atom stereocenters. The number of rotatable bonds is 0. The van der Waals surface area contributed by atoms with Crippen LogP contribution in [0.15, 0.2) is 25.0 Å². The fourth-order valence-corrected chi connectivity index (χ4v) is 2.32. The minimum absolute atomic E-state index is 0.388. The Labute approximate surface area is 74.8 Å². The van der Waals surface area contributed by atoms with E-state index in [2.05, 4.69) is 27.0 Å². The second-order valence-corrected chi connectivity index (χ2v) is 4.17. The summed E-state index contributed by atoms with van der Waals surface area (Å²) in [5.41, 5.74) is 0.388. The van der Waals surface area contributed by atoms with Crippen molar-refractivity contribution in [3.05, 3.63) is 25.0 Å². The maximum Gasteiger partial charge on any atom is 0.0919 e. The summed E-state index contributed by atoms with van der Waals surface area (Å²) in [5.74, 6) is 1.96. The Morgan fingerprint density at radius 2 is 2.08 bits per heavy atom. The van der Waals surface area contributed by atoms with Crippen LogP contribution in [-0.2, 0) is 0 Å². The standard InChI is InChI=1S/C9H14O.C2H4/c1-9(2)6-3-4-8(10)7(9)5-6;1-2/h4,6-7,10H,3,5H2,1-2H3;1-2H2. The van der Waals surface area contributed by atoms with Crippen molar-refractivity contribution in [2.75, 3.05) is 0 Å². The molecule has 0 aromatic carbocycles.